The lowest BCUT2D eigenvalue weighted by Gasteiger charge is -2.38. The molecule has 2 nitrogen and oxygen atoms in total. The van der Waals surface area contributed by atoms with Crippen LogP contribution >= 0.6 is 0 Å². The molecule has 2 fully saturated rings. The smallest absolute Gasteiger partial charge is 0.0688 e. The van der Waals surface area contributed by atoms with Crippen LogP contribution in [0.1, 0.15) is 64.7 Å². The number of aliphatic hydroxyl groups is 1. The summed E-state index contributed by atoms with van der Waals surface area (Å²) in [5, 5.41) is 10.9. The Hall–Kier alpha value is -0.0800. The van der Waals surface area contributed by atoms with E-state index in [0.29, 0.717) is 5.92 Å². The number of rotatable bonds is 3. The van der Waals surface area contributed by atoms with Gasteiger partial charge in [-0.25, -0.2) is 0 Å². The van der Waals surface area contributed by atoms with Gasteiger partial charge in [0.15, 0.2) is 0 Å². The Morgan fingerprint density at radius 3 is 2.53 bits per heavy atom. The lowest BCUT2D eigenvalue weighted by atomic mass is 9.73. The van der Waals surface area contributed by atoms with Crippen molar-refractivity contribution in [3.63, 3.8) is 0 Å². The molecule has 2 heteroatoms. The van der Waals surface area contributed by atoms with Gasteiger partial charge in [0.05, 0.1) is 5.60 Å². The summed E-state index contributed by atoms with van der Waals surface area (Å²) in [5.74, 6) is 0.595. The molecule has 17 heavy (non-hydrogen) atoms. The van der Waals surface area contributed by atoms with E-state index >= 15 is 0 Å². The van der Waals surface area contributed by atoms with Gasteiger partial charge in [-0.15, -0.1) is 0 Å². The Morgan fingerprint density at radius 2 is 1.82 bits per heavy atom. The van der Waals surface area contributed by atoms with Crippen LogP contribution in [0, 0.1) is 5.92 Å². The fourth-order valence-corrected chi connectivity index (χ4v) is 3.79. The van der Waals surface area contributed by atoms with Gasteiger partial charge in [-0.05, 0) is 57.5 Å². The summed E-state index contributed by atoms with van der Waals surface area (Å²) in [6.07, 6.45) is 11.1. The van der Waals surface area contributed by atoms with Gasteiger partial charge in [0.2, 0.25) is 0 Å². The summed E-state index contributed by atoms with van der Waals surface area (Å²) in [6, 6.07) is 0. The summed E-state index contributed by atoms with van der Waals surface area (Å²) in [6.45, 7) is 5.77. The van der Waals surface area contributed by atoms with E-state index in [9.17, 15) is 5.11 Å². The molecule has 2 rings (SSSR count). The number of nitrogens with zero attached hydrogens (tertiary/aromatic N) is 1. The Morgan fingerprint density at radius 1 is 1.06 bits per heavy atom. The second-order valence-electron chi connectivity index (χ2n) is 6.13. The molecule has 2 aliphatic rings. The molecule has 1 N–H and O–H groups in total. The molecule has 1 saturated carbocycles. The van der Waals surface area contributed by atoms with Crippen LogP contribution in [0.4, 0.5) is 0 Å². The molecule has 0 spiro atoms. The van der Waals surface area contributed by atoms with Crippen molar-refractivity contribution in [3.05, 3.63) is 0 Å². The summed E-state index contributed by atoms with van der Waals surface area (Å²) in [7, 11) is 0. The van der Waals surface area contributed by atoms with Crippen LogP contribution in [0.5, 0.6) is 0 Å². The van der Waals surface area contributed by atoms with Crippen molar-refractivity contribution >= 4 is 0 Å². The molecule has 0 radical (unpaired) electrons. The van der Waals surface area contributed by atoms with Crippen molar-refractivity contribution in [2.75, 3.05) is 19.6 Å². The molecule has 0 aromatic carbocycles. The zero-order chi connectivity index (χ0) is 12.1. The predicted octanol–water partition coefficient (Wildman–Crippen LogP) is 3.19. The van der Waals surface area contributed by atoms with Gasteiger partial charge in [0, 0.05) is 6.54 Å². The molecule has 1 heterocycles. The van der Waals surface area contributed by atoms with Gasteiger partial charge in [0.1, 0.15) is 0 Å². The summed E-state index contributed by atoms with van der Waals surface area (Å²) < 4.78 is 0. The molecule has 1 atom stereocenters. The van der Waals surface area contributed by atoms with Gasteiger partial charge >= 0.3 is 0 Å². The van der Waals surface area contributed by atoms with E-state index in [1.807, 2.05) is 0 Å². The number of hydrogen-bond acceptors (Lipinski definition) is 2. The largest absolute Gasteiger partial charge is 0.390 e. The molecule has 1 unspecified atom stereocenters. The normalized spacial score (nSPS) is 33.5. The number of hydrogen-bond donors (Lipinski definition) is 1. The summed E-state index contributed by atoms with van der Waals surface area (Å²) >= 11 is 0. The number of likely N-dealkylation sites (tertiary alicyclic amines) is 1. The molecule has 1 saturated heterocycles. The van der Waals surface area contributed by atoms with E-state index in [0.717, 1.165) is 19.4 Å². The van der Waals surface area contributed by atoms with Crippen LogP contribution in [-0.2, 0) is 0 Å². The SMILES string of the molecule is CCCN1CCCC(O)(C2CCCCC2)CC1. The van der Waals surface area contributed by atoms with E-state index in [1.54, 1.807) is 0 Å². The maximum atomic E-state index is 10.9. The monoisotopic (exact) mass is 239 g/mol. The molecule has 0 aromatic heterocycles. The van der Waals surface area contributed by atoms with Crippen molar-refractivity contribution in [2.24, 2.45) is 5.92 Å². The van der Waals surface area contributed by atoms with Crippen LogP contribution in [0.2, 0.25) is 0 Å². The third-order valence-electron chi connectivity index (χ3n) is 4.85. The Kier molecular flexibility index (Phi) is 4.87. The molecule has 1 aliphatic carbocycles. The fourth-order valence-electron chi connectivity index (χ4n) is 3.79. The molecule has 0 bridgehead atoms. The quantitative estimate of drug-likeness (QED) is 0.817. The van der Waals surface area contributed by atoms with Gasteiger partial charge in [-0.3, -0.25) is 0 Å². The first-order valence-electron chi connectivity index (χ1n) is 7.69. The fraction of sp³-hybridized carbons (Fsp3) is 1.00. The van der Waals surface area contributed by atoms with Gasteiger partial charge in [-0.1, -0.05) is 26.2 Å². The van der Waals surface area contributed by atoms with E-state index in [-0.39, 0.29) is 5.60 Å². The zero-order valence-electron chi connectivity index (χ0n) is 11.5. The van der Waals surface area contributed by atoms with E-state index < -0.39 is 0 Å². The minimum Gasteiger partial charge on any atom is -0.390 e. The van der Waals surface area contributed by atoms with Crippen LogP contribution in [-0.4, -0.2) is 35.2 Å². The van der Waals surface area contributed by atoms with Crippen LogP contribution < -0.4 is 0 Å². The minimum atomic E-state index is -0.330. The van der Waals surface area contributed by atoms with Crippen molar-refractivity contribution in [1.29, 1.82) is 0 Å². The van der Waals surface area contributed by atoms with Crippen molar-refractivity contribution in [1.82, 2.24) is 4.90 Å². The third kappa shape index (κ3) is 3.45. The zero-order valence-corrected chi connectivity index (χ0v) is 11.5. The highest BCUT2D eigenvalue weighted by Gasteiger charge is 2.38. The topological polar surface area (TPSA) is 23.5 Å². The first kappa shape index (κ1) is 13.4. The first-order valence-corrected chi connectivity index (χ1v) is 7.69. The van der Waals surface area contributed by atoms with Crippen LogP contribution in [0.25, 0.3) is 0 Å². The van der Waals surface area contributed by atoms with E-state index in [4.69, 9.17) is 0 Å². The molecular formula is C15H29NO. The molecule has 0 amide bonds. The highest BCUT2D eigenvalue weighted by atomic mass is 16.3. The van der Waals surface area contributed by atoms with E-state index in [2.05, 4.69) is 11.8 Å². The molecule has 0 aromatic rings. The third-order valence-corrected chi connectivity index (χ3v) is 4.85. The van der Waals surface area contributed by atoms with E-state index in [1.165, 1.54) is 58.0 Å². The standard InChI is InChI=1S/C15H29NO/c1-2-11-16-12-6-9-15(17,10-13-16)14-7-4-3-5-8-14/h14,17H,2-13H2,1H3. The second kappa shape index (κ2) is 6.19. The van der Waals surface area contributed by atoms with Gasteiger partial charge in [0.25, 0.3) is 0 Å². The summed E-state index contributed by atoms with van der Waals surface area (Å²) in [4.78, 5) is 2.54. The molecule has 1 aliphatic heterocycles. The lowest BCUT2D eigenvalue weighted by molar-refractivity contribution is -0.0444. The summed E-state index contributed by atoms with van der Waals surface area (Å²) in [5.41, 5.74) is -0.330. The first-order chi connectivity index (χ1) is 8.24. The van der Waals surface area contributed by atoms with Gasteiger partial charge in [-0.2, -0.15) is 0 Å². The maximum absolute atomic E-state index is 10.9. The van der Waals surface area contributed by atoms with Crippen molar-refractivity contribution < 1.29 is 5.11 Å². The minimum absolute atomic E-state index is 0.330. The van der Waals surface area contributed by atoms with Crippen molar-refractivity contribution in [3.8, 4) is 0 Å². The molecular weight excluding hydrogens is 210 g/mol. The Labute approximate surface area is 106 Å². The molecule has 100 valence electrons. The Bertz CT molecular complexity index is 225. The lowest BCUT2D eigenvalue weighted by Crippen LogP contribution is -2.40. The average Bonchev–Trinajstić information content (AvgIpc) is 2.55. The average molecular weight is 239 g/mol. The highest BCUT2D eigenvalue weighted by Crippen LogP contribution is 2.38. The Balaban J connectivity index is 1.90. The van der Waals surface area contributed by atoms with Gasteiger partial charge < -0.3 is 10.0 Å². The second-order valence-corrected chi connectivity index (χ2v) is 6.13. The van der Waals surface area contributed by atoms with Crippen LogP contribution in [0.15, 0.2) is 0 Å². The van der Waals surface area contributed by atoms with Crippen molar-refractivity contribution in [2.45, 2.75) is 70.3 Å². The maximum Gasteiger partial charge on any atom is 0.0688 e. The predicted molar refractivity (Wildman–Crippen MR) is 72.1 cm³/mol. The highest BCUT2D eigenvalue weighted by molar-refractivity contribution is 4.91. The van der Waals surface area contributed by atoms with Crippen LogP contribution in [0.3, 0.4) is 0 Å².